The van der Waals surface area contributed by atoms with Crippen LogP contribution in [0.15, 0.2) is 52.9 Å². The molecule has 1 aromatic heterocycles. The van der Waals surface area contributed by atoms with Crippen LogP contribution in [-0.4, -0.2) is 51.1 Å². The van der Waals surface area contributed by atoms with E-state index in [4.69, 9.17) is 13.9 Å². The van der Waals surface area contributed by atoms with Gasteiger partial charge in [-0.15, -0.1) is 0 Å². The highest BCUT2D eigenvalue weighted by Crippen LogP contribution is 2.34. The maximum Gasteiger partial charge on any atom is 0.211 e. The minimum atomic E-state index is -0.0498. The fourth-order valence-corrected chi connectivity index (χ4v) is 4.29. The molecule has 1 saturated heterocycles. The van der Waals surface area contributed by atoms with Gasteiger partial charge in [-0.3, -0.25) is 9.69 Å². The van der Waals surface area contributed by atoms with Gasteiger partial charge >= 0.3 is 0 Å². The van der Waals surface area contributed by atoms with Crippen LogP contribution in [0.25, 0.3) is 11.0 Å². The second kappa shape index (κ2) is 9.98. The average molecular weight is 423 g/mol. The Morgan fingerprint density at radius 2 is 1.87 bits per heavy atom. The molecule has 6 heteroatoms. The van der Waals surface area contributed by atoms with Gasteiger partial charge in [0.1, 0.15) is 17.1 Å². The summed E-state index contributed by atoms with van der Waals surface area (Å²) in [5.74, 6) is 1.98. The summed E-state index contributed by atoms with van der Waals surface area (Å²) in [6.45, 7) is 2.92. The second-order valence-corrected chi connectivity index (χ2v) is 7.92. The molecule has 2 aromatic carbocycles. The van der Waals surface area contributed by atoms with E-state index in [1.807, 2.05) is 48.5 Å². The van der Waals surface area contributed by atoms with Gasteiger partial charge in [-0.25, -0.2) is 0 Å². The Bertz CT molecular complexity index is 990. The van der Waals surface area contributed by atoms with Crippen molar-refractivity contribution < 1.29 is 18.7 Å². The van der Waals surface area contributed by atoms with Crippen LogP contribution in [0.3, 0.4) is 0 Å². The van der Waals surface area contributed by atoms with Crippen molar-refractivity contribution in [2.75, 3.05) is 40.4 Å². The summed E-state index contributed by atoms with van der Waals surface area (Å²) in [6, 6.07) is 15.5. The Balaban J connectivity index is 1.49. The number of Topliss-reactive ketones (excluding diaryl/α,β-unsaturated/α-hetero) is 1. The van der Waals surface area contributed by atoms with Crippen LogP contribution in [0, 0.1) is 0 Å². The van der Waals surface area contributed by atoms with E-state index in [0.29, 0.717) is 12.3 Å². The number of ketones is 1. The molecule has 1 aliphatic rings. The molecule has 0 radical (unpaired) electrons. The SMILES string of the molecule is COc1ccc(OC)c(C(CNCC(=O)c2cc3ccccc3o2)N2CCCCC2)c1. The van der Waals surface area contributed by atoms with Crippen molar-refractivity contribution in [1.29, 1.82) is 0 Å². The maximum absolute atomic E-state index is 12.7. The molecule has 164 valence electrons. The number of nitrogens with one attached hydrogen (secondary N) is 1. The predicted octanol–water partition coefficient (Wildman–Crippen LogP) is 4.45. The van der Waals surface area contributed by atoms with Gasteiger partial charge in [-0.2, -0.15) is 0 Å². The van der Waals surface area contributed by atoms with E-state index in [1.54, 1.807) is 14.2 Å². The number of carbonyl (C=O) groups is 1. The molecule has 3 aromatic rings. The lowest BCUT2D eigenvalue weighted by molar-refractivity contribution is 0.0959. The van der Waals surface area contributed by atoms with Gasteiger partial charge in [0.05, 0.1) is 26.8 Å². The van der Waals surface area contributed by atoms with Gasteiger partial charge in [0, 0.05) is 17.5 Å². The fraction of sp³-hybridized carbons (Fsp3) is 0.400. The van der Waals surface area contributed by atoms with Crippen LogP contribution in [0.2, 0.25) is 0 Å². The van der Waals surface area contributed by atoms with Crippen molar-refractivity contribution in [3.8, 4) is 11.5 Å². The van der Waals surface area contributed by atoms with Crippen molar-refractivity contribution in [2.24, 2.45) is 0 Å². The largest absolute Gasteiger partial charge is 0.497 e. The molecular weight excluding hydrogens is 392 g/mol. The van der Waals surface area contributed by atoms with Gasteiger partial charge in [-0.05, 0) is 56.3 Å². The zero-order valence-corrected chi connectivity index (χ0v) is 18.2. The molecular formula is C25H30N2O4. The third kappa shape index (κ3) is 4.92. The van der Waals surface area contributed by atoms with Gasteiger partial charge in [0.2, 0.25) is 5.78 Å². The number of hydrogen-bond donors (Lipinski definition) is 1. The molecule has 1 N–H and O–H groups in total. The van der Waals surface area contributed by atoms with Crippen molar-refractivity contribution in [3.63, 3.8) is 0 Å². The smallest absolute Gasteiger partial charge is 0.211 e. The summed E-state index contributed by atoms with van der Waals surface area (Å²) in [6.07, 6.45) is 3.62. The molecule has 1 atom stereocenters. The molecule has 1 fully saturated rings. The number of methoxy groups -OCH3 is 2. The topological polar surface area (TPSA) is 63.9 Å². The number of ether oxygens (including phenoxy) is 2. The number of furan rings is 1. The molecule has 0 spiro atoms. The Morgan fingerprint density at radius 3 is 2.61 bits per heavy atom. The number of fused-ring (bicyclic) bond motifs is 1. The summed E-state index contributed by atoms with van der Waals surface area (Å²) < 4.78 is 16.8. The predicted molar refractivity (Wildman–Crippen MR) is 121 cm³/mol. The number of rotatable bonds is 9. The highest BCUT2D eigenvalue weighted by Gasteiger charge is 2.26. The standard InChI is InChI=1S/C25H30N2O4/c1-29-19-10-11-24(30-2)20(15-19)21(27-12-6-3-7-13-27)16-26-17-22(28)25-14-18-8-4-5-9-23(18)31-25/h4-5,8-11,14-15,21,26H,3,6-7,12-13,16-17H2,1-2H3. The number of piperidine rings is 1. The zero-order chi connectivity index (χ0) is 21.6. The Kier molecular flexibility index (Phi) is 6.89. The molecule has 6 nitrogen and oxygen atoms in total. The Labute approximate surface area is 183 Å². The molecule has 0 bridgehead atoms. The number of carbonyl (C=O) groups excluding carboxylic acids is 1. The summed E-state index contributed by atoms with van der Waals surface area (Å²) >= 11 is 0. The average Bonchev–Trinajstić information content (AvgIpc) is 3.26. The number of likely N-dealkylation sites (tertiary alicyclic amines) is 1. The van der Waals surface area contributed by atoms with Gasteiger partial charge < -0.3 is 19.2 Å². The fourth-order valence-electron chi connectivity index (χ4n) is 4.29. The first kappa shape index (κ1) is 21.4. The normalized spacial score (nSPS) is 15.7. The maximum atomic E-state index is 12.7. The van der Waals surface area contributed by atoms with Crippen molar-refractivity contribution >= 4 is 16.8 Å². The van der Waals surface area contributed by atoms with E-state index in [-0.39, 0.29) is 18.4 Å². The van der Waals surface area contributed by atoms with Gasteiger partial charge in [0.15, 0.2) is 5.76 Å². The first-order chi connectivity index (χ1) is 15.2. The third-order valence-electron chi connectivity index (χ3n) is 5.95. The number of nitrogens with zero attached hydrogens (tertiary/aromatic N) is 1. The van der Waals surface area contributed by atoms with E-state index in [9.17, 15) is 4.79 Å². The van der Waals surface area contributed by atoms with Crippen LogP contribution in [-0.2, 0) is 0 Å². The highest BCUT2D eigenvalue weighted by atomic mass is 16.5. The van der Waals surface area contributed by atoms with Crippen LogP contribution in [0.1, 0.15) is 41.4 Å². The summed E-state index contributed by atoms with van der Waals surface area (Å²) in [4.78, 5) is 15.2. The molecule has 0 saturated carbocycles. The molecule has 1 unspecified atom stereocenters. The van der Waals surface area contributed by atoms with E-state index in [2.05, 4.69) is 10.2 Å². The van der Waals surface area contributed by atoms with Gasteiger partial charge in [-0.1, -0.05) is 24.6 Å². The summed E-state index contributed by atoms with van der Waals surface area (Å²) in [5, 5.41) is 4.31. The molecule has 2 heterocycles. The highest BCUT2D eigenvalue weighted by molar-refractivity contribution is 5.98. The minimum absolute atomic E-state index is 0.0498. The van der Waals surface area contributed by atoms with Crippen LogP contribution in [0.5, 0.6) is 11.5 Å². The Hall–Kier alpha value is -2.83. The van der Waals surface area contributed by atoms with E-state index in [0.717, 1.165) is 41.1 Å². The Morgan fingerprint density at radius 1 is 1.06 bits per heavy atom. The first-order valence-electron chi connectivity index (χ1n) is 10.9. The molecule has 31 heavy (non-hydrogen) atoms. The minimum Gasteiger partial charge on any atom is -0.497 e. The zero-order valence-electron chi connectivity index (χ0n) is 18.2. The summed E-state index contributed by atoms with van der Waals surface area (Å²) in [5.41, 5.74) is 1.81. The molecule has 4 rings (SSSR count). The van der Waals surface area contributed by atoms with Crippen molar-refractivity contribution in [2.45, 2.75) is 25.3 Å². The van der Waals surface area contributed by atoms with E-state index in [1.165, 1.54) is 19.3 Å². The lowest BCUT2D eigenvalue weighted by Crippen LogP contribution is -2.40. The monoisotopic (exact) mass is 422 g/mol. The first-order valence-corrected chi connectivity index (χ1v) is 10.9. The van der Waals surface area contributed by atoms with Gasteiger partial charge in [0.25, 0.3) is 0 Å². The molecule has 0 aliphatic carbocycles. The number of benzene rings is 2. The van der Waals surface area contributed by atoms with Crippen molar-refractivity contribution in [1.82, 2.24) is 10.2 Å². The second-order valence-electron chi connectivity index (χ2n) is 7.92. The number of hydrogen-bond acceptors (Lipinski definition) is 6. The van der Waals surface area contributed by atoms with Crippen LogP contribution >= 0.6 is 0 Å². The lowest BCUT2D eigenvalue weighted by atomic mass is 10.00. The van der Waals surface area contributed by atoms with E-state index >= 15 is 0 Å². The number of para-hydroxylation sites is 1. The lowest BCUT2D eigenvalue weighted by Gasteiger charge is -2.35. The van der Waals surface area contributed by atoms with E-state index < -0.39 is 0 Å². The quantitative estimate of drug-likeness (QED) is 0.514. The van der Waals surface area contributed by atoms with Crippen LogP contribution < -0.4 is 14.8 Å². The molecule has 0 amide bonds. The van der Waals surface area contributed by atoms with Crippen LogP contribution in [0.4, 0.5) is 0 Å². The third-order valence-corrected chi connectivity index (χ3v) is 5.95. The summed E-state index contributed by atoms with van der Waals surface area (Å²) in [7, 11) is 3.36. The van der Waals surface area contributed by atoms with Crippen molar-refractivity contribution in [3.05, 3.63) is 59.9 Å². The molecule has 1 aliphatic heterocycles.